The van der Waals surface area contributed by atoms with Gasteiger partial charge in [0.25, 0.3) is 5.91 Å². The molecule has 0 atom stereocenters. The predicted octanol–water partition coefficient (Wildman–Crippen LogP) is 1.30. The number of carbonyl (C=O) groups excluding carboxylic acids is 1. The first-order chi connectivity index (χ1) is 10.3. The third-order valence-corrected chi connectivity index (χ3v) is 4.11. The number of carbonyl (C=O) groups is 1. The van der Waals surface area contributed by atoms with Crippen molar-refractivity contribution in [2.24, 2.45) is 0 Å². The van der Waals surface area contributed by atoms with Gasteiger partial charge >= 0.3 is 0 Å². The lowest BCUT2D eigenvalue weighted by molar-refractivity contribution is 0.0514. The summed E-state index contributed by atoms with van der Waals surface area (Å²) in [5.74, 6) is 0.817. The lowest BCUT2D eigenvalue weighted by Crippen LogP contribution is -2.50. The zero-order valence-electron chi connectivity index (χ0n) is 11.6. The van der Waals surface area contributed by atoms with E-state index in [9.17, 15) is 4.79 Å². The van der Waals surface area contributed by atoms with Gasteiger partial charge < -0.3 is 14.2 Å². The van der Waals surface area contributed by atoms with E-state index in [0.29, 0.717) is 24.8 Å². The van der Waals surface area contributed by atoms with Crippen LogP contribution < -0.4 is 4.74 Å². The summed E-state index contributed by atoms with van der Waals surface area (Å²) in [5.41, 5.74) is 1.61. The van der Waals surface area contributed by atoms with Gasteiger partial charge in [-0.15, -0.1) is 0 Å². The average Bonchev–Trinajstić information content (AvgIpc) is 2.99. The van der Waals surface area contributed by atoms with Crippen LogP contribution in [0.25, 0.3) is 0 Å². The minimum absolute atomic E-state index is 0.000242. The van der Waals surface area contributed by atoms with Gasteiger partial charge in [0.15, 0.2) is 0 Å². The Morgan fingerprint density at radius 1 is 1.38 bits per heavy atom. The molecular weight excluding hydrogens is 268 g/mol. The summed E-state index contributed by atoms with van der Waals surface area (Å²) in [6, 6.07) is 2.21. The van der Waals surface area contributed by atoms with E-state index in [-0.39, 0.29) is 5.91 Å². The van der Waals surface area contributed by atoms with Gasteiger partial charge in [-0.1, -0.05) is 0 Å². The minimum atomic E-state index is -0.000242. The number of fused-ring (bicyclic) bond motifs is 1. The highest BCUT2D eigenvalue weighted by Gasteiger charge is 2.33. The number of likely N-dealkylation sites (tertiary alicyclic amines) is 1. The van der Waals surface area contributed by atoms with E-state index in [0.717, 1.165) is 30.8 Å². The standard InChI is InChI=1S/C15H16N4O2/c20-15(19-8-12(9-19)18-4-3-16-10-18)13-6-11-2-1-5-21-14(11)7-17-13/h3-4,6-7,10,12H,1-2,5,8-9H2. The van der Waals surface area contributed by atoms with Gasteiger partial charge in [-0.25, -0.2) is 9.97 Å². The second-order valence-electron chi connectivity index (χ2n) is 5.50. The van der Waals surface area contributed by atoms with Crippen LogP contribution in [0, 0.1) is 0 Å². The van der Waals surface area contributed by atoms with Gasteiger partial charge in [0.2, 0.25) is 0 Å². The van der Waals surface area contributed by atoms with E-state index < -0.39 is 0 Å². The Balaban J connectivity index is 1.46. The number of pyridine rings is 1. The molecule has 108 valence electrons. The maximum Gasteiger partial charge on any atom is 0.272 e. The van der Waals surface area contributed by atoms with Gasteiger partial charge in [-0.2, -0.15) is 0 Å². The average molecular weight is 284 g/mol. The molecule has 4 rings (SSSR count). The summed E-state index contributed by atoms with van der Waals surface area (Å²) in [6.07, 6.45) is 9.11. The van der Waals surface area contributed by atoms with Crippen molar-refractivity contribution in [3.63, 3.8) is 0 Å². The smallest absolute Gasteiger partial charge is 0.272 e. The molecule has 0 aliphatic carbocycles. The van der Waals surface area contributed by atoms with Crippen molar-refractivity contribution in [1.29, 1.82) is 0 Å². The number of hydrogen-bond acceptors (Lipinski definition) is 4. The molecule has 0 spiro atoms. The number of ether oxygens (including phenoxy) is 1. The molecule has 1 fully saturated rings. The van der Waals surface area contributed by atoms with Crippen LogP contribution in [0.4, 0.5) is 0 Å². The molecule has 0 unspecified atom stereocenters. The largest absolute Gasteiger partial charge is 0.492 e. The second-order valence-corrected chi connectivity index (χ2v) is 5.50. The van der Waals surface area contributed by atoms with E-state index in [1.165, 1.54) is 0 Å². The zero-order valence-corrected chi connectivity index (χ0v) is 11.6. The first kappa shape index (κ1) is 12.4. The first-order valence-electron chi connectivity index (χ1n) is 7.20. The first-order valence-corrected chi connectivity index (χ1v) is 7.20. The van der Waals surface area contributed by atoms with Crippen LogP contribution in [0.5, 0.6) is 5.75 Å². The Labute approximate surface area is 122 Å². The molecule has 4 heterocycles. The Kier molecular flexibility index (Phi) is 2.87. The third kappa shape index (κ3) is 2.16. The number of hydrogen-bond donors (Lipinski definition) is 0. The number of imidazole rings is 1. The molecule has 0 radical (unpaired) electrons. The predicted molar refractivity (Wildman–Crippen MR) is 75.2 cm³/mol. The summed E-state index contributed by atoms with van der Waals surface area (Å²) < 4.78 is 7.57. The van der Waals surface area contributed by atoms with Gasteiger partial charge in [0, 0.05) is 25.5 Å². The van der Waals surface area contributed by atoms with Crippen LogP contribution in [0.3, 0.4) is 0 Å². The lowest BCUT2D eigenvalue weighted by Gasteiger charge is -2.39. The van der Waals surface area contributed by atoms with Crippen LogP contribution >= 0.6 is 0 Å². The van der Waals surface area contributed by atoms with E-state index in [1.54, 1.807) is 18.7 Å². The molecule has 2 aliphatic heterocycles. The van der Waals surface area contributed by atoms with E-state index in [4.69, 9.17) is 4.74 Å². The van der Waals surface area contributed by atoms with Crippen molar-refractivity contribution < 1.29 is 9.53 Å². The fraction of sp³-hybridized carbons (Fsp3) is 0.400. The molecule has 2 aromatic heterocycles. The molecule has 1 amide bonds. The van der Waals surface area contributed by atoms with Gasteiger partial charge in [-0.05, 0) is 24.5 Å². The molecule has 2 aliphatic rings. The summed E-state index contributed by atoms with van der Waals surface area (Å²) in [5, 5.41) is 0. The van der Waals surface area contributed by atoms with Crippen LogP contribution in [-0.2, 0) is 6.42 Å². The van der Waals surface area contributed by atoms with Crippen LogP contribution in [-0.4, -0.2) is 45.0 Å². The SMILES string of the molecule is O=C(c1cc2c(cn1)OCCC2)N1CC(n2ccnc2)C1. The zero-order chi connectivity index (χ0) is 14.2. The molecule has 6 heteroatoms. The van der Waals surface area contributed by atoms with Crippen molar-refractivity contribution in [2.45, 2.75) is 18.9 Å². The molecule has 6 nitrogen and oxygen atoms in total. The van der Waals surface area contributed by atoms with Crippen LogP contribution in [0.15, 0.2) is 31.0 Å². The molecule has 1 saturated heterocycles. The summed E-state index contributed by atoms with van der Waals surface area (Å²) >= 11 is 0. The molecular formula is C15H16N4O2. The molecule has 0 saturated carbocycles. The van der Waals surface area contributed by atoms with Crippen molar-refractivity contribution in [3.05, 3.63) is 42.2 Å². The minimum Gasteiger partial charge on any atom is -0.492 e. The number of aryl methyl sites for hydroxylation is 1. The molecule has 0 bridgehead atoms. The Morgan fingerprint density at radius 3 is 3.10 bits per heavy atom. The maximum atomic E-state index is 12.4. The van der Waals surface area contributed by atoms with Crippen molar-refractivity contribution in [3.8, 4) is 5.75 Å². The molecule has 0 N–H and O–H groups in total. The van der Waals surface area contributed by atoms with Gasteiger partial charge in [-0.3, -0.25) is 4.79 Å². The van der Waals surface area contributed by atoms with Gasteiger partial charge in [0.05, 0.1) is 25.2 Å². The number of amides is 1. The van der Waals surface area contributed by atoms with Crippen LogP contribution in [0.2, 0.25) is 0 Å². The number of rotatable bonds is 2. The summed E-state index contributed by atoms with van der Waals surface area (Å²) in [6.45, 7) is 2.16. The number of nitrogens with zero attached hydrogens (tertiary/aromatic N) is 4. The fourth-order valence-electron chi connectivity index (χ4n) is 2.83. The second kappa shape index (κ2) is 4.87. The summed E-state index contributed by atoms with van der Waals surface area (Å²) in [4.78, 5) is 22.5. The lowest BCUT2D eigenvalue weighted by atomic mass is 10.0. The Morgan fingerprint density at radius 2 is 2.29 bits per heavy atom. The van der Waals surface area contributed by atoms with E-state index >= 15 is 0 Å². The molecule has 0 aromatic carbocycles. The highest BCUT2D eigenvalue weighted by atomic mass is 16.5. The van der Waals surface area contributed by atoms with Crippen molar-refractivity contribution in [2.75, 3.05) is 19.7 Å². The normalized spacial score (nSPS) is 17.8. The van der Waals surface area contributed by atoms with E-state index in [2.05, 4.69) is 9.97 Å². The highest BCUT2D eigenvalue weighted by molar-refractivity contribution is 5.93. The maximum absolute atomic E-state index is 12.4. The Hall–Kier alpha value is -2.37. The van der Waals surface area contributed by atoms with Crippen molar-refractivity contribution in [1.82, 2.24) is 19.4 Å². The quantitative estimate of drug-likeness (QED) is 0.834. The topological polar surface area (TPSA) is 60.2 Å². The molecule has 2 aromatic rings. The highest BCUT2D eigenvalue weighted by Crippen LogP contribution is 2.26. The Bertz CT molecular complexity index is 662. The molecule has 21 heavy (non-hydrogen) atoms. The third-order valence-electron chi connectivity index (χ3n) is 4.11. The summed E-state index contributed by atoms with van der Waals surface area (Å²) in [7, 11) is 0. The number of aromatic nitrogens is 3. The fourth-order valence-corrected chi connectivity index (χ4v) is 2.83. The van der Waals surface area contributed by atoms with Gasteiger partial charge in [0.1, 0.15) is 11.4 Å². The van der Waals surface area contributed by atoms with Crippen LogP contribution in [0.1, 0.15) is 28.5 Å². The van der Waals surface area contributed by atoms with E-state index in [1.807, 2.05) is 21.7 Å². The van der Waals surface area contributed by atoms with Crippen molar-refractivity contribution >= 4 is 5.91 Å². The monoisotopic (exact) mass is 284 g/mol.